The van der Waals surface area contributed by atoms with Gasteiger partial charge < -0.3 is 4.74 Å². The van der Waals surface area contributed by atoms with E-state index in [1.165, 1.54) is 154 Å². The fourth-order valence-electron chi connectivity index (χ4n) is 11.8. The molecule has 0 radical (unpaired) electrons. The van der Waals surface area contributed by atoms with Crippen LogP contribution in [0.5, 0.6) is 0 Å². The van der Waals surface area contributed by atoms with Crippen LogP contribution in [0.2, 0.25) is 0 Å². The number of ether oxygens (including phenoxy) is 1. The maximum Gasteiger partial charge on any atom is 0.306 e. The Morgan fingerprint density at radius 2 is 1.33 bits per heavy atom. The molecule has 0 amide bonds. The van der Waals surface area contributed by atoms with Crippen molar-refractivity contribution in [2.24, 2.45) is 46.3 Å². The van der Waals surface area contributed by atoms with E-state index in [9.17, 15) is 4.79 Å². The first kappa shape index (κ1) is 40.0. The number of fused-ring (bicyclic) bond motifs is 5. The maximum atomic E-state index is 12.8. The lowest BCUT2D eigenvalue weighted by atomic mass is 9.47. The number of rotatable bonds is 23. The highest BCUT2D eigenvalue weighted by atomic mass is 16.5. The van der Waals surface area contributed by atoms with E-state index in [-0.39, 0.29) is 12.1 Å². The Morgan fingerprint density at radius 1 is 0.729 bits per heavy atom. The number of hydrogen-bond acceptors (Lipinski definition) is 2. The third kappa shape index (κ3) is 11.1. The lowest BCUT2D eigenvalue weighted by Crippen LogP contribution is -2.51. The van der Waals surface area contributed by atoms with Crippen LogP contribution < -0.4 is 0 Å². The second kappa shape index (κ2) is 20.3. The van der Waals surface area contributed by atoms with E-state index in [4.69, 9.17) is 4.74 Å². The van der Waals surface area contributed by atoms with Crippen LogP contribution in [-0.4, -0.2) is 12.1 Å². The normalized spacial score (nSPS) is 32.0. The molecule has 8 atom stereocenters. The first-order valence-electron chi connectivity index (χ1n) is 22.1. The number of hydrogen-bond donors (Lipinski definition) is 0. The largest absolute Gasteiger partial charge is 0.462 e. The predicted molar refractivity (Wildman–Crippen MR) is 207 cm³/mol. The molecule has 0 aromatic rings. The van der Waals surface area contributed by atoms with E-state index in [2.05, 4.69) is 47.6 Å². The number of esters is 1. The van der Waals surface area contributed by atoms with Crippen LogP contribution in [0.4, 0.5) is 0 Å². The molecule has 0 saturated heterocycles. The van der Waals surface area contributed by atoms with Gasteiger partial charge in [-0.05, 0) is 97.7 Å². The molecular weight excluding hydrogens is 585 g/mol. The molecular formula is C46H82O2. The summed E-state index contributed by atoms with van der Waals surface area (Å²) in [5.41, 5.74) is 2.54. The van der Waals surface area contributed by atoms with Gasteiger partial charge in [-0.1, -0.05) is 169 Å². The van der Waals surface area contributed by atoms with Gasteiger partial charge in [0.25, 0.3) is 0 Å². The van der Waals surface area contributed by atoms with Crippen molar-refractivity contribution in [1.29, 1.82) is 0 Å². The van der Waals surface area contributed by atoms with E-state index < -0.39 is 0 Å². The third-order valence-corrected chi connectivity index (χ3v) is 14.8. The molecule has 0 bridgehead atoms. The first-order chi connectivity index (χ1) is 23.2. The van der Waals surface area contributed by atoms with E-state index in [0.717, 1.165) is 54.8 Å². The minimum atomic E-state index is 0.0659. The summed E-state index contributed by atoms with van der Waals surface area (Å²) in [4.78, 5) is 12.8. The zero-order chi connectivity index (χ0) is 34.4. The summed E-state index contributed by atoms with van der Waals surface area (Å²) < 4.78 is 6.14. The average molecular weight is 667 g/mol. The van der Waals surface area contributed by atoms with Crippen molar-refractivity contribution in [3.05, 3.63) is 11.6 Å². The van der Waals surface area contributed by atoms with Crippen molar-refractivity contribution in [2.45, 2.75) is 227 Å². The minimum absolute atomic E-state index is 0.0659. The number of carbonyl (C=O) groups is 1. The van der Waals surface area contributed by atoms with Gasteiger partial charge in [0.15, 0.2) is 0 Å². The van der Waals surface area contributed by atoms with Gasteiger partial charge in [-0.3, -0.25) is 4.79 Å². The number of allylic oxidation sites excluding steroid dienone is 1. The molecule has 4 aliphatic carbocycles. The molecule has 3 saturated carbocycles. The van der Waals surface area contributed by atoms with E-state index in [1.807, 2.05) is 0 Å². The van der Waals surface area contributed by atoms with Gasteiger partial charge in [0, 0.05) is 12.8 Å². The molecule has 0 spiro atoms. The van der Waals surface area contributed by atoms with Crippen LogP contribution >= 0.6 is 0 Å². The van der Waals surface area contributed by atoms with Gasteiger partial charge >= 0.3 is 5.97 Å². The predicted octanol–water partition coefficient (Wildman–Crippen LogP) is 14.6. The molecule has 0 aromatic heterocycles. The second-order valence-corrected chi connectivity index (χ2v) is 18.7. The molecule has 4 rings (SSSR count). The van der Waals surface area contributed by atoms with Crippen LogP contribution in [0.1, 0.15) is 221 Å². The quantitative estimate of drug-likeness (QED) is 0.0616. The SMILES string of the molecule is CCCCCCCCCCCCCCCCCCC(=O)OC1CCC2(C)C(=CCC3C2CCC2(C)C(C(C)CCCC(C)C)CCC32)C1. The maximum absolute atomic E-state index is 12.8. The summed E-state index contributed by atoms with van der Waals surface area (Å²) in [6.45, 7) is 15.0. The number of carbonyl (C=O) groups excluding carboxylic acids is 1. The molecule has 0 aliphatic heterocycles. The molecule has 2 heteroatoms. The molecule has 0 heterocycles. The van der Waals surface area contributed by atoms with Crippen LogP contribution in [0.3, 0.4) is 0 Å². The van der Waals surface area contributed by atoms with E-state index >= 15 is 0 Å². The van der Waals surface area contributed by atoms with Crippen LogP contribution in [0, 0.1) is 46.3 Å². The van der Waals surface area contributed by atoms with Crippen molar-refractivity contribution in [3.63, 3.8) is 0 Å². The Kier molecular flexibility index (Phi) is 16.9. The third-order valence-electron chi connectivity index (χ3n) is 14.8. The summed E-state index contributed by atoms with van der Waals surface area (Å²) in [6.07, 6.45) is 39.9. The Morgan fingerprint density at radius 3 is 1.94 bits per heavy atom. The van der Waals surface area contributed by atoms with Gasteiger partial charge in [-0.2, -0.15) is 0 Å². The average Bonchev–Trinajstić information content (AvgIpc) is 3.42. The lowest BCUT2D eigenvalue weighted by Gasteiger charge is -2.58. The standard InChI is InChI=1S/C46H82O2/c1-7-8-9-10-11-12-13-14-15-16-17-18-19-20-21-22-26-44(47)48-39-31-33-45(5)38(35-39)27-28-40-42-30-29-41(37(4)25-23-24-36(2)3)46(42,6)34-32-43(40)45/h27,36-37,39-43H,7-26,28-35H2,1-6H3. The zero-order valence-corrected chi connectivity index (χ0v) is 33.2. The van der Waals surface area contributed by atoms with E-state index in [0.29, 0.717) is 17.3 Å². The van der Waals surface area contributed by atoms with Crippen molar-refractivity contribution in [3.8, 4) is 0 Å². The summed E-state index contributed by atoms with van der Waals surface area (Å²) in [5.74, 6) is 5.34. The van der Waals surface area contributed by atoms with Gasteiger partial charge in [0.05, 0.1) is 0 Å². The Bertz CT molecular complexity index is 950. The Hall–Kier alpha value is -0.790. The van der Waals surface area contributed by atoms with Gasteiger partial charge in [-0.15, -0.1) is 0 Å². The van der Waals surface area contributed by atoms with Gasteiger partial charge in [-0.25, -0.2) is 0 Å². The molecule has 48 heavy (non-hydrogen) atoms. The second-order valence-electron chi connectivity index (χ2n) is 18.7. The summed E-state index contributed by atoms with van der Waals surface area (Å²) in [6, 6.07) is 0. The molecule has 0 N–H and O–H groups in total. The summed E-state index contributed by atoms with van der Waals surface area (Å²) in [5, 5.41) is 0. The number of unbranched alkanes of at least 4 members (excludes halogenated alkanes) is 15. The zero-order valence-electron chi connectivity index (χ0n) is 33.2. The molecule has 278 valence electrons. The summed E-state index contributed by atoms with van der Waals surface area (Å²) in [7, 11) is 0. The fraction of sp³-hybridized carbons (Fsp3) is 0.935. The molecule has 3 fully saturated rings. The van der Waals surface area contributed by atoms with Crippen LogP contribution in [0.15, 0.2) is 11.6 Å². The molecule has 8 unspecified atom stereocenters. The summed E-state index contributed by atoms with van der Waals surface area (Å²) >= 11 is 0. The highest BCUT2D eigenvalue weighted by molar-refractivity contribution is 5.69. The van der Waals surface area contributed by atoms with E-state index in [1.54, 1.807) is 5.57 Å². The minimum Gasteiger partial charge on any atom is -0.462 e. The van der Waals surface area contributed by atoms with Crippen LogP contribution in [-0.2, 0) is 9.53 Å². The first-order valence-corrected chi connectivity index (χ1v) is 22.1. The van der Waals surface area contributed by atoms with Gasteiger partial charge in [0.1, 0.15) is 6.10 Å². The smallest absolute Gasteiger partial charge is 0.306 e. The lowest BCUT2D eigenvalue weighted by molar-refractivity contribution is -0.151. The monoisotopic (exact) mass is 667 g/mol. The highest BCUT2D eigenvalue weighted by Gasteiger charge is 2.59. The van der Waals surface area contributed by atoms with Crippen molar-refractivity contribution in [2.75, 3.05) is 0 Å². The molecule has 4 aliphatic rings. The topological polar surface area (TPSA) is 26.3 Å². The van der Waals surface area contributed by atoms with Crippen LogP contribution in [0.25, 0.3) is 0 Å². The Balaban J connectivity index is 1.08. The molecule has 2 nitrogen and oxygen atoms in total. The van der Waals surface area contributed by atoms with Crippen molar-refractivity contribution >= 4 is 5.97 Å². The van der Waals surface area contributed by atoms with Crippen molar-refractivity contribution in [1.82, 2.24) is 0 Å². The van der Waals surface area contributed by atoms with Gasteiger partial charge in [0.2, 0.25) is 0 Å². The molecule has 0 aromatic carbocycles. The Labute approximate surface area is 300 Å². The fourth-order valence-corrected chi connectivity index (χ4v) is 11.8. The highest BCUT2D eigenvalue weighted by Crippen LogP contribution is 2.67. The van der Waals surface area contributed by atoms with Crippen molar-refractivity contribution < 1.29 is 9.53 Å².